The smallest absolute Gasteiger partial charge is 0.126 e. The van der Waals surface area contributed by atoms with Gasteiger partial charge < -0.3 is 43.7 Å². The molecule has 0 radical (unpaired) electrons. The monoisotopic (exact) mass is 1300 g/mol. The first-order chi connectivity index (χ1) is 44.4. The number of nitrogens with one attached hydrogen (secondary N) is 1. The van der Waals surface area contributed by atoms with Crippen molar-refractivity contribution in [2.45, 2.75) is 51.4 Å². The molecule has 4 aliphatic heterocycles. The van der Waals surface area contributed by atoms with Gasteiger partial charge in [-0.15, -0.1) is 11.3 Å². The van der Waals surface area contributed by atoms with Gasteiger partial charge in [0.25, 0.3) is 0 Å². The minimum Gasteiger partial charge on any atom is -0.497 e. The summed E-state index contributed by atoms with van der Waals surface area (Å²) in [6.45, 7) is 8.63. The van der Waals surface area contributed by atoms with E-state index in [2.05, 4.69) is 131 Å². The molecular formula is C78H87Cl3N4O5S. The number of rotatable bonds is 13. The van der Waals surface area contributed by atoms with Crippen LogP contribution in [-0.2, 0) is 0 Å². The first-order valence-electron chi connectivity index (χ1n) is 31.5. The van der Waals surface area contributed by atoms with Crippen molar-refractivity contribution in [3.05, 3.63) is 262 Å². The van der Waals surface area contributed by atoms with E-state index in [1.807, 2.05) is 102 Å². The highest BCUT2D eigenvalue weighted by Gasteiger charge is 2.24. The molecule has 0 unspecified atom stereocenters. The minimum absolute atomic E-state index is 0.741. The fourth-order valence-corrected chi connectivity index (χ4v) is 13.9. The van der Waals surface area contributed by atoms with Crippen molar-refractivity contribution in [3.8, 4) is 28.7 Å². The summed E-state index contributed by atoms with van der Waals surface area (Å²) in [4.78, 5) is 8.49. The highest BCUT2D eigenvalue weighted by molar-refractivity contribution is 7.11. The maximum Gasteiger partial charge on any atom is 0.126 e. The van der Waals surface area contributed by atoms with Crippen LogP contribution in [0.25, 0.3) is 22.3 Å². The van der Waals surface area contributed by atoms with Crippen molar-refractivity contribution in [1.29, 1.82) is 0 Å². The molecule has 4 aliphatic rings. The fraction of sp³-hybridized carbons (Fsp3) is 0.308. The lowest BCUT2D eigenvalue weighted by Gasteiger charge is -2.27. The first kappa shape index (κ1) is 68.3. The molecule has 0 bridgehead atoms. The van der Waals surface area contributed by atoms with Gasteiger partial charge in [-0.1, -0.05) is 154 Å². The van der Waals surface area contributed by atoms with E-state index < -0.39 is 0 Å². The molecule has 5 heterocycles. The summed E-state index contributed by atoms with van der Waals surface area (Å²) in [5, 5.41) is 7.85. The normalized spacial score (nSPS) is 15.3. The third kappa shape index (κ3) is 18.4. The van der Waals surface area contributed by atoms with Gasteiger partial charge in [0, 0.05) is 87.0 Å². The highest BCUT2D eigenvalue weighted by atomic mass is 35.5. The molecule has 13 heteroatoms. The lowest BCUT2D eigenvalue weighted by atomic mass is 9.88. The van der Waals surface area contributed by atoms with Gasteiger partial charge in [0.15, 0.2) is 0 Å². The van der Waals surface area contributed by atoms with Gasteiger partial charge in [-0.2, -0.15) is 0 Å². The molecule has 0 amide bonds. The largest absolute Gasteiger partial charge is 0.497 e. The number of nitrogens with zero attached hydrogens (tertiary/aromatic N) is 3. The van der Waals surface area contributed by atoms with Crippen molar-refractivity contribution in [2.24, 2.45) is 0 Å². The number of halogens is 3. The van der Waals surface area contributed by atoms with Crippen molar-refractivity contribution in [2.75, 3.05) is 109 Å². The zero-order valence-corrected chi connectivity index (χ0v) is 57.1. The number of hydrogen-bond donors (Lipinski definition) is 1. The molecule has 91 heavy (non-hydrogen) atoms. The number of thiophene rings is 1. The van der Waals surface area contributed by atoms with Crippen LogP contribution < -0.4 is 29.0 Å². The Labute approximate surface area is 560 Å². The molecule has 8 aromatic rings. The van der Waals surface area contributed by atoms with Gasteiger partial charge in [0.05, 0.1) is 35.5 Å². The number of methoxy groups -OCH3 is 5. The Hall–Kier alpha value is -7.09. The summed E-state index contributed by atoms with van der Waals surface area (Å²) in [6.07, 6.45) is 8.63. The van der Waals surface area contributed by atoms with Crippen molar-refractivity contribution in [3.63, 3.8) is 0 Å². The van der Waals surface area contributed by atoms with Gasteiger partial charge in [-0.3, -0.25) is 0 Å². The van der Waals surface area contributed by atoms with E-state index in [0.717, 1.165) is 175 Å². The van der Waals surface area contributed by atoms with Crippen molar-refractivity contribution >= 4 is 68.4 Å². The van der Waals surface area contributed by atoms with Crippen LogP contribution in [0.5, 0.6) is 28.7 Å². The average molecular weight is 1300 g/mol. The van der Waals surface area contributed by atoms with Gasteiger partial charge in [0.1, 0.15) is 28.7 Å². The molecule has 12 rings (SSSR count). The summed E-state index contributed by atoms with van der Waals surface area (Å²) in [5.41, 5.74) is 19.1. The van der Waals surface area contributed by atoms with Crippen LogP contribution >= 0.6 is 46.1 Å². The Morgan fingerprint density at radius 1 is 0.352 bits per heavy atom. The molecule has 1 N–H and O–H groups in total. The average Bonchev–Trinajstić information content (AvgIpc) is 1.71. The van der Waals surface area contributed by atoms with E-state index in [1.165, 1.54) is 55.0 Å². The Bertz CT molecular complexity index is 3780. The number of para-hydroxylation sites is 3. The number of likely N-dealkylation sites (tertiary alicyclic amines) is 3. The summed E-state index contributed by atoms with van der Waals surface area (Å²) >= 11 is 20.6. The lowest BCUT2D eigenvalue weighted by molar-refractivity contribution is 0.313. The molecule has 0 saturated carbocycles. The molecule has 476 valence electrons. The predicted octanol–water partition coefficient (Wildman–Crippen LogP) is 18.6. The van der Waals surface area contributed by atoms with E-state index in [4.69, 9.17) is 58.5 Å². The van der Waals surface area contributed by atoms with E-state index >= 15 is 0 Å². The van der Waals surface area contributed by atoms with Crippen molar-refractivity contribution in [1.82, 2.24) is 20.0 Å². The molecule has 4 saturated heterocycles. The van der Waals surface area contributed by atoms with Gasteiger partial charge >= 0.3 is 0 Å². The second-order valence-electron chi connectivity index (χ2n) is 23.2. The fourth-order valence-electron chi connectivity index (χ4n) is 12.5. The van der Waals surface area contributed by atoms with E-state index in [0.29, 0.717) is 0 Å². The Morgan fingerprint density at radius 2 is 0.703 bits per heavy atom. The zero-order valence-electron chi connectivity index (χ0n) is 54.1. The summed E-state index contributed by atoms with van der Waals surface area (Å²) in [7, 11) is 15.2. The lowest BCUT2D eigenvalue weighted by Crippen LogP contribution is -2.27. The number of benzene rings is 7. The van der Waals surface area contributed by atoms with Crippen LogP contribution in [0.15, 0.2) is 204 Å². The molecule has 0 spiro atoms. The van der Waals surface area contributed by atoms with Crippen LogP contribution in [0.2, 0.25) is 15.1 Å². The number of ether oxygens (including phenoxy) is 5. The standard InChI is InChI=1S/C21H24ClNO2.C20H22ClNO.C19H20ClNO.C18H21NOS/c1-23-11-9-15(10-12-23)21(16-5-4-6-17(22)13-16)19-14-18(24-2)7-8-20(19)25-3;1-22-12-10-15(11-13-22)20(16-6-5-7-17(21)14-16)18-8-3-4-9-19(18)23-2;1-22-18-8-3-2-7-17(18)19(14-9-11-21-12-10-14)15-5-4-6-16(20)13-15;1-19-11-9-14(10-12-19)18(17-8-5-13-21-17)15-6-3-4-7-16(15)20-2/h4-8,13-14H,9-12H2,1-3H3;3-9,14H,10-13H2,1-2H3;2-8,13,21H,9-12H2,1H3;3-8,13H,9-12H2,1-2H3. The zero-order chi connectivity index (χ0) is 64.1. The second kappa shape index (κ2) is 34.5. The van der Waals surface area contributed by atoms with Crippen LogP contribution in [-0.4, -0.2) is 124 Å². The maximum absolute atomic E-state index is 6.28. The van der Waals surface area contributed by atoms with Crippen molar-refractivity contribution < 1.29 is 23.7 Å². The molecule has 4 fully saturated rings. The minimum atomic E-state index is 0.741. The van der Waals surface area contributed by atoms with E-state index in [-0.39, 0.29) is 0 Å². The molecular weight excluding hydrogens is 1210 g/mol. The Balaban J connectivity index is 0.000000144. The summed E-state index contributed by atoms with van der Waals surface area (Å²) < 4.78 is 27.9. The van der Waals surface area contributed by atoms with Gasteiger partial charge in [-0.25, -0.2) is 0 Å². The Morgan fingerprint density at radius 3 is 1.07 bits per heavy atom. The molecule has 0 aliphatic carbocycles. The predicted molar refractivity (Wildman–Crippen MR) is 384 cm³/mol. The van der Waals surface area contributed by atoms with Crippen LogP contribution in [0.3, 0.4) is 0 Å². The maximum atomic E-state index is 6.28. The van der Waals surface area contributed by atoms with Crippen LogP contribution in [0, 0.1) is 0 Å². The van der Waals surface area contributed by atoms with Crippen LogP contribution in [0.4, 0.5) is 0 Å². The van der Waals surface area contributed by atoms with E-state index in [9.17, 15) is 0 Å². The highest BCUT2D eigenvalue weighted by Crippen LogP contribution is 2.43. The van der Waals surface area contributed by atoms with E-state index in [1.54, 1.807) is 41.1 Å². The SMILES string of the molecule is COc1ccc(OC)c(C(=C2CCN(C)CC2)c2cccc(Cl)c2)c1.COc1ccccc1C(=C1CCN(C)CC1)c1cccc(Cl)c1.COc1ccccc1C(=C1CCN(C)CC1)c1cccs1.COc1ccccc1C(=C1CCNCC1)c1cccc(Cl)c1. The van der Waals surface area contributed by atoms with Gasteiger partial charge in [-0.05, 0) is 203 Å². The number of piperidine rings is 4. The molecule has 9 nitrogen and oxygen atoms in total. The molecule has 1 aromatic heterocycles. The quantitative estimate of drug-likeness (QED) is 0.122. The van der Waals surface area contributed by atoms with Gasteiger partial charge in [0.2, 0.25) is 0 Å². The summed E-state index contributed by atoms with van der Waals surface area (Å²) in [6, 6.07) is 59.4. The summed E-state index contributed by atoms with van der Waals surface area (Å²) in [5.74, 6) is 4.45. The number of hydrogen-bond acceptors (Lipinski definition) is 10. The first-order valence-corrected chi connectivity index (χ1v) is 33.5. The third-order valence-corrected chi connectivity index (χ3v) is 18.9. The van der Waals surface area contributed by atoms with Crippen LogP contribution in [0.1, 0.15) is 95.2 Å². The topological polar surface area (TPSA) is 67.9 Å². The third-order valence-electron chi connectivity index (χ3n) is 17.3. The second-order valence-corrected chi connectivity index (χ2v) is 25.5. The molecule has 0 atom stereocenters. The molecule has 7 aromatic carbocycles. The Kier molecular flexibility index (Phi) is 25.9.